The van der Waals surface area contributed by atoms with Crippen LogP contribution >= 0.6 is 0 Å². The average molecular weight is 301 g/mol. The Bertz CT molecular complexity index is 523. The highest BCUT2D eigenvalue weighted by atomic mass is 15.3. The predicted octanol–water partition coefficient (Wildman–Crippen LogP) is 4.32. The number of nitrogens with zero attached hydrogens (tertiary/aromatic N) is 3. The summed E-state index contributed by atoms with van der Waals surface area (Å²) < 4.78 is 0. The summed E-state index contributed by atoms with van der Waals surface area (Å²) in [6, 6.07) is 7.89. The number of rotatable bonds is 7. The highest BCUT2D eigenvalue weighted by Gasteiger charge is 2.08. The van der Waals surface area contributed by atoms with Crippen LogP contribution in [0.15, 0.2) is 59.3 Å². The van der Waals surface area contributed by atoms with E-state index in [0.29, 0.717) is 5.82 Å². The molecule has 5 heteroatoms. The Morgan fingerprint density at radius 3 is 2.45 bits per heavy atom. The van der Waals surface area contributed by atoms with Gasteiger partial charge in [0.2, 0.25) is 0 Å². The zero-order valence-electron chi connectivity index (χ0n) is 14.2. The van der Waals surface area contributed by atoms with Gasteiger partial charge in [-0.2, -0.15) is 0 Å². The van der Waals surface area contributed by atoms with Gasteiger partial charge in [0, 0.05) is 38.7 Å². The monoisotopic (exact) mass is 301 g/mol. The average Bonchev–Trinajstić information content (AvgIpc) is 2.48. The largest absolute Gasteiger partial charge is 0.393 e. The zero-order chi connectivity index (χ0) is 16.6. The Kier molecular flexibility index (Phi) is 6.63. The van der Waals surface area contributed by atoms with Crippen molar-refractivity contribution in [2.45, 2.75) is 20.8 Å². The first-order chi connectivity index (χ1) is 10.3. The van der Waals surface area contributed by atoms with Crippen LogP contribution in [0.25, 0.3) is 0 Å². The molecule has 0 radical (unpaired) electrons. The Labute approximate surface area is 133 Å². The van der Waals surface area contributed by atoms with E-state index in [0.717, 1.165) is 17.9 Å². The second kappa shape index (κ2) is 8.22. The molecule has 0 bridgehead atoms. The lowest BCUT2D eigenvalue weighted by atomic mass is 9.97. The van der Waals surface area contributed by atoms with Crippen molar-refractivity contribution in [2.75, 3.05) is 26.0 Å². The van der Waals surface area contributed by atoms with Gasteiger partial charge in [-0.25, -0.2) is 0 Å². The SMILES string of the molecule is C=C(N=Nc1ccc(NCC(C)(C)C)cc1)N(C)C=CNC. The number of benzene rings is 1. The molecule has 2 N–H and O–H groups in total. The molecular weight excluding hydrogens is 274 g/mol. The number of hydrogen-bond acceptors (Lipinski definition) is 5. The van der Waals surface area contributed by atoms with Gasteiger partial charge in [-0.05, 0) is 29.7 Å². The number of azo groups is 1. The standard InChI is InChI=1S/C17H27N5/c1-14(22(6)12-11-18-5)20-21-16-9-7-15(8-10-16)19-13-17(2,3)4/h7-12,18-19H,1,13H2,2-6H3. The Balaban J connectivity index is 2.58. The van der Waals surface area contributed by atoms with Crippen molar-refractivity contribution >= 4 is 11.4 Å². The van der Waals surface area contributed by atoms with Gasteiger partial charge in [0.1, 0.15) is 5.82 Å². The minimum atomic E-state index is 0.252. The highest BCUT2D eigenvalue weighted by Crippen LogP contribution is 2.20. The van der Waals surface area contributed by atoms with Gasteiger partial charge in [-0.1, -0.05) is 27.4 Å². The molecule has 0 saturated carbocycles. The molecule has 5 nitrogen and oxygen atoms in total. The summed E-state index contributed by atoms with van der Waals surface area (Å²) in [5, 5.41) is 14.6. The summed E-state index contributed by atoms with van der Waals surface area (Å²) in [5.74, 6) is 0.571. The number of hydrogen-bond donors (Lipinski definition) is 2. The molecule has 1 aromatic carbocycles. The van der Waals surface area contributed by atoms with Gasteiger partial charge >= 0.3 is 0 Å². The molecule has 0 heterocycles. The molecule has 0 amide bonds. The first-order valence-corrected chi connectivity index (χ1v) is 7.33. The van der Waals surface area contributed by atoms with E-state index >= 15 is 0 Å². The third-order valence-corrected chi connectivity index (χ3v) is 2.84. The van der Waals surface area contributed by atoms with Crippen LogP contribution < -0.4 is 10.6 Å². The second-order valence-corrected chi connectivity index (χ2v) is 6.29. The third kappa shape index (κ3) is 6.92. The summed E-state index contributed by atoms with van der Waals surface area (Å²) in [6.07, 6.45) is 3.64. The smallest absolute Gasteiger partial charge is 0.147 e. The molecule has 0 spiro atoms. The highest BCUT2D eigenvalue weighted by molar-refractivity contribution is 5.50. The molecule has 0 aliphatic carbocycles. The van der Waals surface area contributed by atoms with Crippen LogP contribution in [-0.4, -0.2) is 25.5 Å². The van der Waals surface area contributed by atoms with Crippen LogP contribution in [0.3, 0.4) is 0 Å². The van der Waals surface area contributed by atoms with Crippen molar-refractivity contribution in [2.24, 2.45) is 15.6 Å². The van der Waals surface area contributed by atoms with E-state index in [4.69, 9.17) is 0 Å². The number of anilines is 1. The van der Waals surface area contributed by atoms with E-state index in [1.165, 1.54) is 0 Å². The second-order valence-electron chi connectivity index (χ2n) is 6.29. The molecule has 0 aromatic heterocycles. The van der Waals surface area contributed by atoms with E-state index in [-0.39, 0.29) is 5.41 Å². The van der Waals surface area contributed by atoms with Gasteiger partial charge in [0.25, 0.3) is 0 Å². The molecule has 0 fully saturated rings. The summed E-state index contributed by atoms with van der Waals surface area (Å²) in [7, 11) is 3.71. The molecule has 0 aliphatic heterocycles. The fourth-order valence-electron chi connectivity index (χ4n) is 1.47. The molecule has 0 unspecified atom stereocenters. The van der Waals surface area contributed by atoms with Crippen molar-refractivity contribution in [1.82, 2.24) is 10.2 Å². The fourth-order valence-corrected chi connectivity index (χ4v) is 1.47. The van der Waals surface area contributed by atoms with Gasteiger partial charge < -0.3 is 15.5 Å². The minimum absolute atomic E-state index is 0.252. The first-order valence-electron chi connectivity index (χ1n) is 7.33. The van der Waals surface area contributed by atoms with Crippen molar-refractivity contribution in [3.63, 3.8) is 0 Å². The first kappa shape index (κ1) is 17.8. The Hall–Kier alpha value is -2.30. The lowest BCUT2D eigenvalue weighted by Crippen LogP contribution is -2.18. The summed E-state index contributed by atoms with van der Waals surface area (Å²) in [6.45, 7) is 11.4. The van der Waals surface area contributed by atoms with Crippen LogP contribution in [0, 0.1) is 5.41 Å². The topological polar surface area (TPSA) is 52.0 Å². The van der Waals surface area contributed by atoms with Crippen molar-refractivity contribution in [1.29, 1.82) is 0 Å². The van der Waals surface area contributed by atoms with Crippen molar-refractivity contribution in [3.8, 4) is 0 Å². The van der Waals surface area contributed by atoms with Gasteiger partial charge in [-0.15, -0.1) is 10.2 Å². The summed E-state index contributed by atoms with van der Waals surface area (Å²) in [4.78, 5) is 1.79. The summed E-state index contributed by atoms with van der Waals surface area (Å²) >= 11 is 0. The molecule has 1 rings (SSSR count). The van der Waals surface area contributed by atoms with Gasteiger partial charge in [-0.3, -0.25) is 0 Å². The molecular formula is C17H27N5. The lowest BCUT2D eigenvalue weighted by molar-refractivity contribution is 0.443. The quantitative estimate of drug-likeness (QED) is 0.737. The lowest BCUT2D eigenvalue weighted by Gasteiger charge is -2.19. The Morgan fingerprint density at radius 1 is 1.27 bits per heavy atom. The van der Waals surface area contributed by atoms with Crippen LogP contribution in [0.1, 0.15) is 20.8 Å². The maximum Gasteiger partial charge on any atom is 0.147 e. The van der Waals surface area contributed by atoms with E-state index in [1.807, 2.05) is 44.6 Å². The normalized spacial score (nSPS) is 11.9. The molecule has 1 aromatic rings. The minimum Gasteiger partial charge on any atom is -0.393 e. The Morgan fingerprint density at radius 2 is 1.91 bits per heavy atom. The molecule has 120 valence electrons. The van der Waals surface area contributed by atoms with E-state index in [2.05, 4.69) is 48.2 Å². The van der Waals surface area contributed by atoms with Crippen LogP contribution in [0.5, 0.6) is 0 Å². The molecule has 22 heavy (non-hydrogen) atoms. The summed E-state index contributed by atoms with van der Waals surface area (Å²) in [5.41, 5.74) is 2.14. The van der Waals surface area contributed by atoms with Gasteiger partial charge in [0.05, 0.1) is 5.69 Å². The molecule has 0 atom stereocenters. The van der Waals surface area contributed by atoms with Crippen LogP contribution in [0.2, 0.25) is 0 Å². The van der Waals surface area contributed by atoms with Crippen LogP contribution in [0.4, 0.5) is 11.4 Å². The fraction of sp³-hybridized carbons (Fsp3) is 0.412. The van der Waals surface area contributed by atoms with Crippen molar-refractivity contribution < 1.29 is 0 Å². The van der Waals surface area contributed by atoms with E-state index in [1.54, 1.807) is 11.1 Å². The molecule has 0 saturated heterocycles. The van der Waals surface area contributed by atoms with Gasteiger partial charge in [0.15, 0.2) is 0 Å². The molecule has 0 aliphatic rings. The number of nitrogens with one attached hydrogen (secondary N) is 2. The van der Waals surface area contributed by atoms with E-state index < -0.39 is 0 Å². The predicted molar refractivity (Wildman–Crippen MR) is 94.0 cm³/mol. The van der Waals surface area contributed by atoms with E-state index in [9.17, 15) is 0 Å². The maximum absolute atomic E-state index is 4.19. The third-order valence-electron chi connectivity index (χ3n) is 2.84. The van der Waals surface area contributed by atoms with Crippen LogP contribution in [-0.2, 0) is 0 Å². The van der Waals surface area contributed by atoms with Crippen molar-refractivity contribution in [3.05, 3.63) is 49.1 Å². The maximum atomic E-state index is 4.19. The zero-order valence-corrected chi connectivity index (χ0v) is 14.2.